The highest BCUT2D eigenvalue weighted by Gasteiger charge is 2.35. The molecule has 1 aliphatic heterocycles. The maximum Gasteiger partial charge on any atom is 0.252 e. The number of hydrogen-bond donors (Lipinski definition) is 2. The summed E-state index contributed by atoms with van der Waals surface area (Å²) < 4.78 is 10.4. The molecule has 0 bridgehead atoms. The first-order valence-electron chi connectivity index (χ1n) is 11.0. The van der Waals surface area contributed by atoms with Gasteiger partial charge in [0, 0.05) is 36.7 Å². The lowest BCUT2D eigenvalue weighted by atomic mass is 10.00. The number of hydrogen-bond acceptors (Lipinski definition) is 5. The van der Waals surface area contributed by atoms with Gasteiger partial charge in [0.05, 0.1) is 14.2 Å². The summed E-state index contributed by atoms with van der Waals surface area (Å²) in [6.07, 6.45) is 3.47. The lowest BCUT2D eigenvalue weighted by molar-refractivity contribution is -0.133. The smallest absolute Gasteiger partial charge is 0.252 e. The van der Waals surface area contributed by atoms with Gasteiger partial charge in [0.25, 0.3) is 5.91 Å². The monoisotopic (exact) mass is 431 g/mol. The molecule has 2 aliphatic rings. The maximum atomic E-state index is 12.9. The van der Waals surface area contributed by atoms with Gasteiger partial charge in [0.15, 0.2) is 0 Å². The third kappa shape index (κ3) is 5.89. The summed E-state index contributed by atoms with van der Waals surface area (Å²) in [6, 6.07) is 4.24. The van der Waals surface area contributed by atoms with E-state index in [4.69, 9.17) is 9.47 Å². The number of benzene rings is 1. The van der Waals surface area contributed by atoms with E-state index < -0.39 is 6.04 Å². The molecule has 170 valence electrons. The number of nitrogens with one attached hydrogen (secondary N) is 2. The van der Waals surface area contributed by atoms with Gasteiger partial charge in [-0.3, -0.25) is 14.4 Å². The number of piperidine rings is 1. The molecule has 1 saturated heterocycles. The van der Waals surface area contributed by atoms with Crippen LogP contribution in [0, 0.1) is 11.8 Å². The van der Waals surface area contributed by atoms with E-state index in [1.54, 1.807) is 18.2 Å². The fraction of sp³-hybridized carbons (Fsp3) is 0.609. The van der Waals surface area contributed by atoms with Crippen molar-refractivity contribution in [3.05, 3.63) is 23.8 Å². The van der Waals surface area contributed by atoms with Crippen LogP contribution in [0.15, 0.2) is 18.2 Å². The summed E-state index contributed by atoms with van der Waals surface area (Å²) in [5.41, 5.74) is 0.363. The molecule has 31 heavy (non-hydrogen) atoms. The summed E-state index contributed by atoms with van der Waals surface area (Å²) in [6.45, 7) is 5.13. The lowest BCUT2D eigenvalue weighted by Crippen LogP contribution is -2.54. The first-order chi connectivity index (χ1) is 14.8. The highest BCUT2D eigenvalue weighted by atomic mass is 16.5. The molecule has 1 heterocycles. The SMILES string of the molecule is COc1cc(OC)cc(C(=O)N[C@H](C(=O)NC2CCN(C(=O)C3CC3)CC2)C(C)C)c1. The van der Waals surface area contributed by atoms with Crippen molar-refractivity contribution in [2.45, 2.75) is 51.6 Å². The number of methoxy groups -OCH3 is 2. The van der Waals surface area contributed by atoms with Crippen LogP contribution in [0.2, 0.25) is 0 Å². The molecule has 0 spiro atoms. The van der Waals surface area contributed by atoms with Crippen molar-refractivity contribution in [2.75, 3.05) is 27.3 Å². The molecule has 0 radical (unpaired) electrons. The zero-order chi connectivity index (χ0) is 22.5. The van der Waals surface area contributed by atoms with Gasteiger partial charge in [-0.25, -0.2) is 0 Å². The second kappa shape index (κ2) is 10.0. The van der Waals surface area contributed by atoms with Crippen LogP contribution in [-0.4, -0.2) is 62.0 Å². The van der Waals surface area contributed by atoms with Gasteiger partial charge in [-0.1, -0.05) is 13.8 Å². The van der Waals surface area contributed by atoms with Crippen molar-refractivity contribution < 1.29 is 23.9 Å². The van der Waals surface area contributed by atoms with Crippen molar-refractivity contribution in [1.82, 2.24) is 15.5 Å². The Bertz CT molecular complexity index is 791. The molecule has 1 aromatic rings. The van der Waals surface area contributed by atoms with E-state index in [9.17, 15) is 14.4 Å². The minimum absolute atomic E-state index is 0.00539. The molecule has 1 atom stereocenters. The second-order valence-electron chi connectivity index (χ2n) is 8.68. The van der Waals surface area contributed by atoms with Gasteiger partial charge < -0.3 is 25.0 Å². The minimum Gasteiger partial charge on any atom is -0.497 e. The van der Waals surface area contributed by atoms with Gasteiger partial charge in [0.1, 0.15) is 17.5 Å². The molecule has 8 heteroatoms. The Labute approximate surface area is 183 Å². The Kier molecular flexibility index (Phi) is 7.41. The highest BCUT2D eigenvalue weighted by molar-refractivity contribution is 5.98. The third-order valence-electron chi connectivity index (χ3n) is 5.93. The topological polar surface area (TPSA) is 97.0 Å². The third-order valence-corrected chi connectivity index (χ3v) is 5.93. The molecule has 1 saturated carbocycles. The van der Waals surface area contributed by atoms with Crippen LogP contribution in [0.25, 0.3) is 0 Å². The summed E-state index contributed by atoms with van der Waals surface area (Å²) in [5, 5.41) is 5.91. The van der Waals surface area contributed by atoms with Gasteiger partial charge in [-0.15, -0.1) is 0 Å². The molecular weight excluding hydrogens is 398 g/mol. The molecule has 8 nitrogen and oxygen atoms in total. The lowest BCUT2D eigenvalue weighted by Gasteiger charge is -2.33. The summed E-state index contributed by atoms with van der Waals surface area (Å²) >= 11 is 0. The number of carbonyl (C=O) groups excluding carboxylic acids is 3. The molecule has 2 N–H and O–H groups in total. The van der Waals surface area contributed by atoms with E-state index in [2.05, 4.69) is 10.6 Å². The van der Waals surface area contributed by atoms with E-state index in [0.717, 1.165) is 25.7 Å². The van der Waals surface area contributed by atoms with Crippen LogP contribution in [-0.2, 0) is 9.59 Å². The van der Waals surface area contributed by atoms with Gasteiger partial charge in [-0.05, 0) is 43.7 Å². The number of carbonyl (C=O) groups is 3. The van der Waals surface area contributed by atoms with Crippen LogP contribution >= 0.6 is 0 Å². The van der Waals surface area contributed by atoms with Crippen LogP contribution in [0.3, 0.4) is 0 Å². The fourth-order valence-corrected chi connectivity index (χ4v) is 3.82. The van der Waals surface area contributed by atoms with Gasteiger partial charge in [0.2, 0.25) is 11.8 Å². The Morgan fingerprint density at radius 2 is 1.55 bits per heavy atom. The molecule has 2 fully saturated rings. The molecule has 3 amide bonds. The molecule has 1 aromatic carbocycles. The standard InChI is InChI=1S/C23H33N3O5/c1-14(2)20(25-21(27)16-11-18(30-3)13-19(12-16)31-4)22(28)24-17-7-9-26(10-8-17)23(29)15-5-6-15/h11-15,17,20H,5-10H2,1-4H3,(H,24,28)(H,25,27)/t20-/m0/s1. The normalized spacial score (nSPS) is 17.8. The zero-order valence-corrected chi connectivity index (χ0v) is 18.8. The predicted octanol–water partition coefficient (Wildman–Crippen LogP) is 1.98. The number of nitrogens with zero attached hydrogens (tertiary/aromatic N) is 1. The van der Waals surface area contributed by atoms with E-state index >= 15 is 0 Å². The molecular formula is C23H33N3O5. The Balaban J connectivity index is 1.58. The number of ether oxygens (including phenoxy) is 2. The molecule has 1 aliphatic carbocycles. The zero-order valence-electron chi connectivity index (χ0n) is 18.8. The van der Waals surface area contributed by atoms with Crippen LogP contribution in [0.5, 0.6) is 11.5 Å². The fourth-order valence-electron chi connectivity index (χ4n) is 3.82. The van der Waals surface area contributed by atoms with Crippen LogP contribution < -0.4 is 20.1 Å². The summed E-state index contributed by atoms with van der Waals surface area (Å²) in [4.78, 5) is 39.9. The largest absolute Gasteiger partial charge is 0.497 e. The first kappa shape index (κ1) is 22.9. The number of rotatable bonds is 8. The second-order valence-corrected chi connectivity index (χ2v) is 8.68. The molecule has 0 aromatic heterocycles. The number of amides is 3. The average Bonchev–Trinajstić information content (AvgIpc) is 3.62. The molecule has 3 rings (SSSR count). The Morgan fingerprint density at radius 3 is 2.03 bits per heavy atom. The van der Waals surface area contributed by atoms with Crippen molar-refractivity contribution in [2.24, 2.45) is 11.8 Å². The highest BCUT2D eigenvalue weighted by Crippen LogP contribution is 2.32. The van der Waals surface area contributed by atoms with E-state index in [-0.39, 0.29) is 35.6 Å². The summed E-state index contributed by atoms with van der Waals surface area (Å²) in [7, 11) is 3.04. The van der Waals surface area contributed by atoms with Crippen molar-refractivity contribution >= 4 is 17.7 Å². The van der Waals surface area contributed by atoms with E-state index in [1.165, 1.54) is 14.2 Å². The summed E-state index contributed by atoms with van der Waals surface area (Å²) in [5.74, 6) is 0.826. The van der Waals surface area contributed by atoms with E-state index in [1.807, 2.05) is 18.7 Å². The maximum absolute atomic E-state index is 12.9. The van der Waals surface area contributed by atoms with Crippen LogP contribution in [0.1, 0.15) is 49.9 Å². The van der Waals surface area contributed by atoms with Crippen molar-refractivity contribution in [3.63, 3.8) is 0 Å². The minimum atomic E-state index is -0.671. The Hall–Kier alpha value is -2.77. The van der Waals surface area contributed by atoms with Gasteiger partial charge in [-0.2, -0.15) is 0 Å². The number of likely N-dealkylation sites (tertiary alicyclic amines) is 1. The van der Waals surface area contributed by atoms with Crippen LogP contribution in [0.4, 0.5) is 0 Å². The molecule has 0 unspecified atom stereocenters. The van der Waals surface area contributed by atoms with E-state index in [0.29, 0.717) is 30.2 Å². The quantitative estimate of drug-likeness (QED) is 0.656. The van der Waals surface area contributed by atoms with Crippen molar-refractivity contribution in [3.8, 4) is 11.5 Å². The predicted molar refractivity (Wildman–Crippen MR) is 116 cm³/mol. The van der Waals surface area contributed by atoms with Gasteiger partial charge >= 0.3 is 0 Å². The average molecular weight is 432 g/mol. The first-order valence-corrected chi connectivity index (χ1v) is 11.0. The Morgan fingerprint density at radius 1 is 0.968 bits per heavy atom. The van der Waals surface area contributed by atoms with Crippen molar-refractivity contribution in [1.29, 1.82) is 0 Å².